The molecule has 2 N–H and O–H groups in total. The van der Waals surface area contributed by atoms with Crippen LogP contribution in [0.25, 0.3) is 0 Å². The van der Waals surface area contributed by atoms with Crippen LogP contribution in [0.4, 0.5) is 5.69 Å². The van der Waals surface area contributed by atoms with Crippen molar-refractivity contribution in [2.75, 3.05) is 12.3 Å². The summed E-state index contributed by atoms with van der Waals surface area (Å²) in [5.74, 6) is 0.398. The highest BCUT2D eigenvalue weighted by Gasteiger charge is 2.42. The molecule has 1 fully saturated rings. The van der Waals surface area contributed by atoms with Gasteiger partial charge in [0, 0.05) is 23.8 Å². The van der Waals surface area contributed by atoms with Crippen molar-refractivity contribution in [3.8, 4) is 0 Å². The van der Waals surface area contributed by atoms with Gasteiger partial charge >= 0.3 is 4.94 Å². The van der Waals surface area contributed by atoms with Crippen LogP contribution in [0.3, 0.4) is 0 Å². The van der Waals surface area contributed by atoms with Crippen molar-refractivity contribution in [3.63, 3.8) is 0 Å². The third-order valence-electron chi connectivity index (χ3n) is 4.29. The average molecular weight is 303 g/mol. The molecule has 0 bridgehead atoms. The van der Waals surface area contributed by atoms with Crippen LogP contribution in [0.1, 0.15) is 46.6 Å². The molecule has 0 radical (unpaired) electrons. The molecule has 1 aromatic heterocycles. The fourth-order valence-electron chi connectivity index (χ4n) is 3.34. The molecule has 2 atom stereocenters. The molecule has 3 heterocycles. The zero-order chi connectivity index (χ0) is 14.6. The number of aromatic nitrogens is 1. The molecule has 7 heteroatoms. The topological polar surface area (TPSA) is 89.4 Å². The monoisotopic (exact) mass is 303 g/mol. The number of nitrogens with zero attached hydrogens (tertiary/aromatic N) is 2. The number of fused-ring (bicyclic) bond motifs is 3. The van der Waals surface area contributed by atoms with E-state index in [1.807, 2.05) is 17.0 Å². The Labute approximate surface area is 124 Å². The van der Waals surface area contributed by atoms with Crippen LogP contribution in [-0.4, -0.2) is 21.7 Å². The first kappa shape index (κ1) is 12.6. The van der Waals surface area contributed by atoms with E-state index in [4.69, 9.17) is 10.2 Å². The van der Waals surface area contributed by atoms with Crippen molar-refractivity contribution in [1.82, 2.24) is 9.27 Å². The van der Waals surface area contributed by atoms with Crippen LogP contribution < -0.4 is 10.7 Å². The minimum absolute atomic E-state index is 0.0142. The molecule has 0 spiro atoms. The Balaban J connectivity index is 1.68. The molecule has 0 unspecified atom stereocenters. The summed E-state index contributed by atoms with van der Waals surface area (Å²) in [4.78, 5) is 25.1. The van der Waals surface area contributed by atoms with E-state index in [0.29, 0.717) is 23.7 Å². The summed E-state index contributed by atoms with van der Waals surface area (Å²) in [6, 6.07) is 5.69. The summed E-state index contributed by atoms with van der Waals surface area (Å²) in [7, 11) is 0. The molecule has 0 saturated carbocycles. The normalized spacial score (nSPS) is 24.0. The molecule has 1 aromatic carbocycles. The number of rotatable bonds is 1. The number of hydrogen-bond acceptors (Lipinski definition) is 6. The van der Waals surface area contributed by atoms with E-state index in [0.717, 1.165) is 29.9 Å². The molecule has 21 heavy (non-hydrogen) atoms. The first-order chi connectivity index (χ1) is 10.1. The van der Waals surface area contributed by atoms with E-state index < -0.39 is 4.94 Å². The minimum atomic E-state index is -0.396. The molecule has 6 nitrogen and oxygen atoms in total. The van der Waals surface area contributed by atoms with E-state index in [1.165, 1.54) is 0 Å². The Bertz CT molecular complexity index is 782. The molecule has 2 aromatic rings. The van der Waals surface area contributed by atoms with Gasteiger partial charge in [0.25, 0.3) is 5.91 Å². The van der Waals surface area contributed by atoms with Crippen molar-refractivity contribution in [2.45, 2.75) is 24.8 Å². The lowest BCUT2D eigenvalue weighted by molar-refractivity contribution is 0.0634. The highest BCUT2D eigenvalue weighted by molar-refractivity contribution is 7.02. The quantitative estimate of drug-likeness (QED) is 0.811. The van der Waals surface area contributed by atoms with Gasteiger partial charge in [-0.05, 0) is 24.5 Å². The lowest BCUT2D eigenvalue weighted by atomic mass is 9.91. The maximum absolute atomic E-state index is 12.6. The van der Waals surface area contributed by atoms with Gasteiger partial charge in [-0.25, -0.2) is 4.79 Å². The Kier molecular flexibility index (Phi) is 2.65. The lowest BCUT2D eigenvalue weighted by Crippen LogP contribution is -2.36. The van der Waals surface area contributed by atoms with Crippen molar-refractivity contribution in [1.29, 1.82) is 0 Å². The number of carbonyl (C=O) groups excluding carboxylic acids is 1. The molecule has 1 saturated heterocycles. The van der Waals surface area contributed by atoms with Gasteiger partial charge in [0.15, 0.2) is 0 Å². The zero-order valence-electron chi connectivity index (χ0n) is 11.1. The number of amides is 1. The van der Waals surface area contributed by atoms with Gasteiger partial charge in [0.2, 0.25) is 5.89 Å². The van der Waals surface area contributed by atoms with Crippen LogP contribution in [0.15, 0.2) is 27.4 Å². The second kappa shape index (κ2) is 4.42. The number of nitrogens with two attached hydrogens (primary N) is 1. The summed E-state index contributed by atoms with van der Waals surface area (Å²) in [6.07, 6.45) is 1.67. The van der Waals surface area contributed by atoms with Crippen LogP contribution in [0.2, 0.25) is 0 Å². The van der Waals surface area contributed by atoms with Gasteiger partial charge in [-0.15, -0.1) is 0 Å². The number of benzene rings is 1. The first-order valence-electron chi connectivity index (χ1n) is 6.81. The van der Waals surface area contributed by atoms with Crippen molar-refractivity contribution in [2.24, 2.45) is 0 Å². The largest absolute Gasteiger partial charge is 0.414 e. The van der Waals surface area contributed by atoms with Gasteiger partial charge in [0.1, 0.15) is 0 Å². The highest BCUT2D eigenvalue weighted by Crippen LogP contribution is 2.44. The lowest BCUT2D eigenvalue weighted by Gasteiger charge is -2.33. The fourth-order valence-corrected chi connectivity index (χ4v) is 3.81. The van der Waals surface area contributed by atoms with E-state index in [-0.39, 0.29) is 17.9 Å². The smallest absolute Gasteiger partial charge is 0.398 e. The second-order valence-electron chi connectivity index (χ2n) is 5.43. The standard InChI is InChI=1S/C14H13N3O3S/c15-9-3-1-2-8-10-5-4-7(12-16-21-14(19)20-12)6-17(10)13(18)11(8)9/h1-3,7,10H,4-6,15H2/t7-,10+/m1/s1. The Morgan fingerprint density at radius 1 is 1.33 bits per heavy atom. The fraction of sp³-hybridized carbons (Fsp3) is 0.357. The van der Waals surface area contributed by atoms with E-state index in [2.05, 4.69) is 4.37 Å². The summed E-state index contributed by atoms with van der Waals surface area (Å²) >= 11 is 0.818. The number of anilines is 1. The molecule has 4 rings (SSSR count). The van der Waals surface area contributed by atoms with Gasteiger partial charge in [-0.3, -0.25) is 4.79 Å². The van der Waals surface area contributed by atoms with E-state index in [9.17, 15) is 9.59 Å². The Morgan fingerprint density at radius 2 is 2.19 bits per heavy atom. The minimum Gasteiger partial charge on any atom is -0.398 e. The highest BCUT2D eigenvalue weighted by atomic mass is 32.1. The summed E-state index contributed by atoms with van der Waals surface area (Å²) < 4.78 is 9.14. The summed E-state index contributed by atoms with van der Waals surface area (Å²) in [5, 5.41) is 0. The predicted octanol–water partition coefficient (Wildman–Crippen LogP) is 1.75. The van der Waals surface area contributed by atoms with Crippen molar-refractivity contribution >= 4 is 23.1 Å². The first-order valence-corrected chi connectivity index (χ1v) is 7.58. The third-order valence-corrected chi connectivity index (χ3v) is 4.80. The van der Waals surface area contributed by atoms with Crippen molar-refractivity contribution in [3.05, 3.63) is 45.0 Å². The molecule has 108 valence electrons. The third kappa shape index (κ3) is 1.80. The predicted molar refractivity (Wildman–Crippen MR) is 77.3 cm³/mol. The summed E-state index contributed by atoms with van der Waals surface area (Å²) in [6.45, 7) is 0.518. The second-order valence-corrected chi connectivity index (χ2v) is 6.13. The van der Waals surface area contributed by atoms with Crippen LogP contribution in [0, 0.1) is 0 Å². The molecule has 2 aliphatic heterocycles. The van der Waals surface area contributed by atoms with Crippen LogP contribution >= 0.6 is 11.5 Å². The van der Waals surface area contributed by atoms with Gasteiger partial charge < -0.3 is 15.1 Å². The number of nitrogen functional groups attached to an aromatic ring is 1. The Morgan fingerprint density at radius 3 is 2.95 bits per heavy atom. The van der Waals surface area contributed by atoms with Crippen LogP contribution in [-0.2, 0) is 0 Å². The molecule has 1 amide bonds. The number of hydrogen-bond donors (Lipinski definition) is 1. The zero-order valence-corrected chi connectivity index (χ0v) is 11.9. The van der Waals surface area contributed by atoms with Gasteiger partial charge in [0.05, 0.1) is 17.5 Å². The van der Waals surface area contributed by atoms with Crippen molar-refractivity contribution < 1.29 is 9.21 Å². The van der Waals surface area contributed by atoms with E-state index in [1.54, 1.807) is 6.07 Å². The summed E-state index contributed by atoms with van der Waals surface area (Å²) in [5.41, 5.74) is 8.12. The molecule has 2 aliphatic rings. The number of piperidine rings is 1. The van der Waals surface area contributed by atoms with Gasteiger partial charge in [-0.1, -0.05) is 12.1 Å². The van der Waals surface area contributed by atoms with Gasteiger partial charge in [-0.2, -0.15) is 4.37 Å². The SMILES string of the molecule is Nc1cccc2c1C(=O)N1C[C@H](c3nsc(=O)o3)CC[C@@H]21. The molecule has 0 aliphatic carbocycles. The number of carbonyl (C=O) groups is 1. The average Bonchev–Trinajstić information content (AvgIpc) is 3.03. The maximum Gasteiger partial charge on any atom is 0.414 e. The van der Waals surface area contributed by atoms with Crippen LogP contribution in [0.5, 0.6) is 0 Å². The maximum atomic E-state index is 12.6. The molecular weight excluding hydrogens is 290 g/mol. The van der Waals surface area contributed by atoms with E-state index >= 15 is 0 Å². The Hall–Kier alpha value is -2.15. The molecular formula is C14H13N3O3S.